The number of hydrogen-bond donors (Lipinski definition) is 0. The summed E-state index contributed by atoms with van der Waals surface area (Å²) in [4.78, 5) is 16.8. The molecule has 22 heavy (non-hydrogen) atoms. The van der Waals surface area contributed by atoms with Gasteiger partial charge in [0.05, 0.1) is 6.04 Å². The van der Waals surface area contributed by atoms with Gasteiger partial charge in [0, 0.05) is 29.9 Å². The molecule has 1 amide bonds. The topological polar surface area (TPSA) is 23.6 Å². The average molecular weight is 339 g/mol. The molecule has 1 aliphatic rings. The molecule has 0 aliphatic carbocycles. The van der Waals surface area contributed by atoms with Crippen LogP contribution in [0.4, 0.5) is 0 Å². The number of carbonyl (C=O) groups excluding carboxylic acids is 1. The second kappa shape index (κ2) is 8.61. The molecular formula is C17H23ClN2OS. The number of likely N-dealkylation sites (N-methyl/N-ethyl adjacent to an activating group) is 1. The Bertz CT molecular complexity index is 533. The highest BCUT2D eigenvalue weighted by Crippen LogP contribution is 2.19. The van der Waals surface area contributed by atoms with Crippen molar-refractivity contribution in [1.82, 2.24) is 9.80 Å². The van der Waals surface area contributed by atoms with Crippen molar-refractivity contribution in [3.63, 3.8) is 0 Å². The minimum absolute atomic E-state index is 0.0780. The second-order valence-corrected chi connectivity index (χ2v) is 7.29. The lowest BCUT2D eigenvalue weighted by molar-refractivity contribution is -0.128. The lowest BCUT2D eigenvalue weighted by Gasteiger charge is -2.30. The Morgan fingerprint density at radius 3 is 2.95 bits per heavy atom. The number of nitrogens with zero attached hydrogens (tertiary/aromatic N) is 2. The van der Waals surface area contributed by atoms with E-state index in [-0.39, 0.29) is 11.9 Å². The molecule has 3 nitrogen and oxygen atoms in total. The zero-order valence-corrected chi connectivity index (χ0v) is 14.7. The third-order valence-electron chi connectivity index (χ3n) is 3.61. The maximum absolute atomic E-state index is 12.6. The first kappa shape index (κ1) is 17.4. The predicted octanol–water partition coefficient (Wildman–Crippen LogP) is 3.25. The number of amides is 1. The van der Waals surface area contributed by atoms with Gasteiger partial charge in [0.25, 0.3) is 0 Å². The van der Waals surface area contributed by atoms with Crippen LogP contribution in [0.1, 0.15) is 12.0 Å². The summed E-state index contributed by atoms with van der Waals surface area (Å²) in [5.74, 6) is 2.21. The van der Waals surface area contributed by atoms with Crippen molar-refractivity contribution < 1.29 is 4.79 Å². The number of rotatable bonds is 4. The second-order valence-electron chi connectivity index (χ2n) is 5.73. The lowest BCUT2D eigenvalue weighted by Crippen LogP contribution is -2.46. The van der Waals surface area contributed by atoms with Crippen LogP contribution in [0, 0.1) is 0 Å². The van der Waals surface area contributed by atoms with E-state index >= 15 is 0 Å². The van der Waals surface area contributed by atoms with E-state index in [0.717, 1.165) is 36.6 Å². The van der Waals surface area contributed by atoms with Gasteiger partial charge in [-0.25, -0.2) is 0 Å². The molecule has 5 heteroatoms. The van der Waals surface area contributed by atoms with Gasteiger partial charge in [0.1, 0.15) is 0 Å². The van der Waals surface area contributed by atoms with Crippen LogP contribution in [-0.2, 0) is 4.79 Å². The molecule has 2 rings (SSSR count). The number of thioether (sulfide) groups is 1. The molecule has 0 radical (unpaired) electrons. The molecule has 120 valence electrons. The summed E-state index contributed by atoms with van der Waals surface area (Å²) in [6.45, 7) is 1.73. The van der Waals surface area contributed by atoms with Crippen molar-refractivity contribution in [2.24, 2.45) is 0 Å². The van der Waals surface area contributed by atoms with Crippen LogP contribution in [0.2, 0.25) is 5.02 Å². The van der Waals surface area contributed by atoms with E-state index in [1.54, 1.807) is 6.08 Å². The van der Waals surface area contributed by atoms with E-state index in [1.165, 1.54) is 0 Å². The molecule has 0 saturated carbocycles. The molecule has 0 bridgehead atoms. The molecule has 1 fully saturated rings. The molecule has 1 saturated heterocycles. The first-order valence-electron chi connectivity index (χ1n) is 7.53. The summed E-state index contributed by atoms with van der Waals surface area (Å²) < 4.78 is 0. The van der Waals surface area contributed by atoms with Crippen molar-refractivity contribution in [3.05, 3.63) is 40.9 Å². The molecule has 0 aromatic heterocycles. The van der Waals surface area contributed by atoms with E-state index in [0.29, 0.717) is 5.02 Å². The molecule has 1 aromatic rings. The van der Waals surface area contributed by atoms with Gasteiger partial charge in [-0.2, -0.15) is 11.8 Å². The van der Waals surface area contributed by atoms with Crippen molar-refractivity contribution in [2.75, 3.05) is 38.7 Å². The van der Waals surface area contributed by atoms with Crippen LogP contribution in [0.3, 0.4) is 0 Å². The van der Waals surface area contributed by atoms with Gasteiger partial charge in [-0.05, 0) is 44.0 Å². The Kier molecular flexibility index (Phi) is 6.80. The van der Waals surface area contributed by atoms with E-state index in [2.05, 4.69) is 19.0 Å². The smallest absolute Gasteiger partial charge is 0.246 e. The zero-order valence-electron chi connectivity index (χ0n) is 13.2. The fourth-order valence-corrected chi connectivity index (χ4v) is 3.81. The van der Waals surface area contributed by atoms with Gasteiger partial charge in [0.15, 0.2) is 0 Å². The predicted molar refractivity (Wildman–Crippen MR) is 96.5 cm³/mol. The molecule has 0 N–H and O–H groups in total. The Morgan fingerprint density at radius 1 is 1.45 bits per heavy atom. The van der Waals surface area contributed by atoms with Gasteiger partial charge >= 0.3 is 0 Å². The van der Waals surface area contributed by atoms with Crippen molar-refractivity contribution in [3.8, 4) is 0 Å². The van der Waals surface area contributed by atoms with Gasteiger partial charge in [-0.1, -0.05) is 29.8 Å². The minimum Gasteiger partial charge on any atom is -0.334 e. The Morgan fingerprint density at radius 2 is 2.23 bits per heavy atom. The van der Waals surface area contributed by atoms with Crippen LogP contribution in [0.25, 0.3) is 6.08 Å². The van der Waals surface area contributed by atoms with Gasteiger partial charge in [-0.15, -0.1) is 0 Å². The van der Waals surface area contributed by atoms with Gasteiger partial charge in [0.2, 0.25) is 5.91 Å². The molecule has 1 aromatic carbocycles. The largest absolute Gasteiger partial charge is 0.334 e. The normalized spacial score (nSPS) is 19.6. The first-order valence-corrected chi connectivity index (χ1v) is 9.07. The first-order chi connectivity index (χ1) is 10.6. The zero-order chi connectivity index (χ0) is 15.9. The summed E-state index contributed by atoms with van der Waals surface area (Å²) >= 11 is 8.07. The van der Waals surface area contributed by atoms with E-state index in [1.807, 2.05) is 47.0 Å². The Balaban J connectivity index is 2.09. The Hall–Kier alpha value is -0.970. The fraction of sp³-hybridized carbons (Fsp3) is 0.471. The van der Waals surface area contributed by atoms with Crippen LogP contribution < -0.4 is 0 Å². The van der Waals surface area contributed by atoms with E-state index in [4.69, 9.17) is 11.6 Å². The lowest BCUT2D eigenvalue weighted by atomic mass is 10.2. The van der Waals surface area contributed by atoms with E-state index in [9.17, 15) is 4.79 Å². The number of hydrogen-bond acceptors (Lipinski definition) is 3. The molecule has 1 atom stereocenters. The number of halogens is 1. The molecule has 1 heterocycles. The number of carbonyl (C=O) groups is 1. The summed E-state index contributed by atoms with van der Waals surface area (Å²) in [5, 5.41) is 0.669. The molecule has 0 spiro atoms. The van der Waals surface area contributed by atoms with Crippen molar-refractivity contribution in [2.45, 2.75) is 12.5 Å². The summed E-state index contributed by atoms with van der Waals surface area (Å²) in [6.07, 6.45) is 4.52. The van der Waals surface area contributed by atoms with E-state index < -0.39 is 0 Å². The Labute approximate surface area is 142 Å². The third-order valence-corrected chi connectivity index (χ3v) is 5.15. The highest BCUT2D eigenvalue weighted by molar-refractivity contribution is 7.99. The molecule has 1 unspecified atom stereocenters. The van der Waals surface area contributed by atoms with Crippen LogP contribution in [0.15, 0.2) is 30.3 Å². The molecule has 1 aliphatic heterocycles. The average Bonchev–Trinajstić information content (AvgIpc) is 2.71. The van der Waals surface area contributed by atoms with Crippen molar-refractivity contribution in [1.29, 1.82) is 0 Å². The number of benzene rings is 1. The molecular weight excluding hydrogens is 316 g/mol. The quantitative estimate of drug-likeness (QED) is 0.787. The van der Waals surface area contributed by atoms with Crippen molar-refractivity contribution >= 4 is 35.3 Å². The highest BCUT2D eigenvalue weighted by Gasteiger charge is 2.24. The maximum Gasteiger partial charge on any atom is 0.246 e. The standard InChI is InChI=1S/C17H23ClN2OS/c1-19(2)12-15-13-22-11-5-10-20(15)17(21)9-8-14-6-3-4-7-16(14)18/h3-4,6-9,15H,5,10-13H2,1-2H3/b9-8+. The summed E-state index contributed by atoms with van der Waals surface area (Å²) in [5.41, 5.74) is 0.880. The SMILES string of the molecule is CN(C)CC1CSCCCN1C(=O)/C=C/c1ccccc1Cl. The van der Waals surface area contributed by atoms with Gasteiger partial charge < -0.3 is 9.80 Å². The maximum atomic E-state index is 12.6. The van der Waals surface area contributed by atoms with Gasteiger partial charge in [-0.3, -0.25) is 4.79 Å². The summed E-state index contributed by atoms with van der Waals surface area (Å²) in [7, 11) is 4.11. The van der Waals surface area contributed by atoms with Crippen LogP contribution in [-0.4, -0.2) is 60.4 Å². The highest BCUT2D eigenvalue weighted by atomic mass is 35.5. The minimum atomic E-state index is 0.0780. The van der Waals surface area contributed by atoms with Crippen LogP contribution in [0.5, 0.6) is 0 Å². The monoisotopic (exact) mass is 338 g/mol. The van der Waals surface area contributed by atoms with Crippen LogP contribution >= 0.6 is 23.4 Å². The third kappa shape index (κ3) is 5.04. The fourth-order valence-electron chi connectivity index (χ4n) is 2.56. The summed E-state index contributed by atoms with van der Waals surface area (Å²) in [6, 6.07) is 7.84.